The van der Waals surface area contributed by atoms with Gasteiger partial charge in [0.05, 0.1) is 16.6 Å². The van der Waals surface area contributed by atoms with Gasteiger partial charge in [0, 0.05) is 30.7 Å². The van der Waals surface area contributed by atoms with Crippen molar-refractivity contribution in [2.24, 2.45) is 7.05 Å². The molecular formula is C17H13ClN6O. The van der Waals surface area contributed by atoms with E-state index >= 15 is 0 Å². The summed E-state index contributed by atoms with van der Waals surface area (Å²) >= 11 is 5.99. The Hall–Kier alpha value is -3.19. The first-order valence-electron chi connectivity index (χ1n) is 7.51. The van der Waals surface area contributed by atoms with E-state index < -0.39 is 0 Å². The summed E-state index contributed by atoms with van der Waals surface area (Å²) in [5, 5.41) is 7.50. The summed E-state index contributed by atoms with van der Waals surface area (Å²) in [6.45, 7) is 0. The fraction of sp³-hybridized carbons (Fsp3) is 0.0588. The third kappa shape index (κ3) is 2.85. The van der Waals surface area contributed by atoms with E-state index in [-0.39, 0.29) is 5.91 Å². The van der Waals surface area contributed by atoms with Crippen molar-refractivity contribution in [2.75, 3.05) is 5.32 Å². The minimum atomic E-state index is -0.288. The van der Waals surface area contributed by atoms with E-state index in [1.54, 1.807) is 52.0 Å². The number of amides is 1. The smallest absolute Gasteiger partial charge is 0.259 e. The Morgan fingerprint density at radius 1 is 1.24 bits per heavy atom. The molecule has 1 amide bonds. The van der Waals surface area contributed by atoms with E-state index in [2.05, 4.69) is 20.4 Å². The van der Waals surface area contributed by atoms with Crippen LogP contribution in [0, 0.1) is 0 Å². The summed E-state index contributed by atoms with van der Waals surface area (Å²) in [7, 11) is 1.83. The van der Waals surface area contributed by atoms with Crippen molar-refractivity contribution in [3.8, 4) is 5.82 Å². The molecule has 124 valence electrons. The summed E-state index contributed by atoms with van der Waals surface area (Å²) in [6.07, 6.45) is 4.96. The highest BCUT2D eigenvalue weighted by Crippen LogP contribution is 2.22. The number of rotatable bonds is 3. The van der Waals surface area contributed by atoms with Crippen LogP contribution in [0.1, 0.15) is 10.4 Å². The van der Waals surface area contributed by atoms with Crippen LogP contribution in [0.3, 0.4) is 0 Å². The Morgan fingerprint density at radius 2 is 2.12 bits per heavy atom. The zero-order chi connectivity index (χ0) is 17.4. The molecule has 8 heteroatoms. The van der Waals surface area contributed by atoms with E-state index in [0.717, 1.165) is 11.0 Å². The Morgan fingerprint density at radius 3 is 2.84 bits per heavy atom. The van der Waals surface area contributed by atoms with Crippen LogP contribution in [-0.4, -0.2) is 30.2 Å². The summed E-state index contributed by atoms with van der Waals surface area (Å²) in [5.74, 6) is 0.793. The number of imidazole rings is 1. The molecule has 0 bridgehead atoms. The Bertz CT molecular complexity index is 1050. The maximum absolute atomic E-state index is 12.5. The number of aryl methyl sites for hydroxylation is 1. The highest BCUT2D eigenvalue weighted by molar-refractivity contribution is 6.31. The molecule has 0 atom stereocenters. The van der Waals surface area contributed by atoms with E-state index in [4.69, 9.17) is 11.6 Å². The number of hydrogen-bond acceptors (Lipinski definition) is 4. The van der Waals surface area contributed by atoms with Gasteiger partial charge in [-0.2, -0.15) is 5.10 Å². The molecule has 0 saturated carbocycles. The van der Waals surface area contributed by atoms with E-state index in [9.17, 15) is 4.79 Å². The third-order valence-corrected chi connectivity index (χ3v) is 4.05. The lowest BCUT2D eigenvalue weighted by Gasteiger charge is -2.06. The van der Waals surface area contributed by atoms with Crippen LogP contribution in [0.2, 0.25) is 5.02 Å². The number of anilines is 1. The molecule has 4 aromatic rings. The first kappa shape index (κ1) is 15.3. The van der Waals surface area contributed by atoms with Crippen molar-refractivity contribution in [1.82, 2.24) is 24.3 Å². The molecule has 7 nitrogen and oxygen atoms in total. The van der Waals surface area contributed by atoms with Gasteiger partial charge in [-0.25, -0.2) is 14.6 Å². The number of hydrogen-bond donors (Lipinski definition) is 1. The van der Waals surface area contributed by atoms with Gasteiger partial charge in [0.2, 0.25) is 5.95 Å². The number of carbonyl (C=O) groups excluding carboxylic acids is 1. The number of pyridine rings is 1. The second-order valence-electron chi connectivity index (χ2n) is 5.44. The molecule has 3 aromatic heterocycles. The molecule has 25 heavy (non-hydrogen) atoms. The summed E-state index contributed by atoms with van der Waals surface area (Å²) in [6, 6.07) is 10.6. The highest BCUT2D eigenvalue weighted by Gasteiger charge is 2.13. The summed E-state index contributed by atoms with van der Waals surface area (Å²) < 4.78 is 3.42. The lowest BCUT2D eigenvalue weighted by Crippen LogP contribution is -2.15. The van der Waals surface area contributed by atoms with Crippen LogP contribution in [-0.2, 0) is 7.05 Å². The van der Waals surface area contributed by atoms with Crippen molar-refractivity contribution in [2.45, 2.75) is 0 Å². The van der Waals surface area contributed by atoms with Crippen LogP contribution < -0.4 is 5.32 Å². The van der Waals surface area contributed by atoms with Gasteiger partial charge in [-0.1, -0.05) is 11.6 Å². The average Bonchev–Trinajstić information content (AvgIpc) is 3.24. The van der Waals surface area contributed by atoms with Gasteiger partial charge in [-0.15, -0.1) is 0 Å². The molecule has 3 heterocycles. The number of aromatic nitrogens is 5. The molecule has 4 rings (SSSR count). The predicted molar refractivity (Wildman–Crippen MR) is 95.0 cm³/mol. The fourth-order valence-corrected chi connectivity index (χ4v) is 2.69. The van der Waals surface area contributed by atoms with E-state index in [1.165, 1.54) is 6.20 Å². The topological polar surface area (TPSA) is 77.6 Å². The standard InChI is InChI=1S/C17H13ClN6O/c1-23-14-5-4-12(18)9-13(14)21-17(23)22-16(25)11-3-6-15(19-10-11)24-8-2-7-20-24/h2-10H,1H3,(H,21,22,25). The van der Waals surface area contributed by atoms with Crippen LogP contribution >= 0.6 is 11.6 Å². The molecule has 0 aliphatic heterocycles. The summed E-state index contributed by atoms with van der Waals surface area (Å²) in [4.78, 5) is 21.1. The van der Waals surface area contributed by atoms with Crippen LogP contribution in [0.15, 0.2) is 55.0 Å². The molecule has 0 radical (unpaired) electrons. The SMILES string of the molecule is Cn1c(NC(=O)c2ccc(-n3cccn3)nc2)nc2cc(Cl)ccc21. The number of nitrogens with one attached hydrogen (secondary N) is 1. The molecule has 1 N–H and O–H groups in total. The third-order valence-electron chi connectivity index (χ3n) is 3.82. The number of carbonyl (C=O) groups is 1. The van der Waals surface area contributed by atoms with Crippen LogP contribution in [0.5, 0.6) is 0 Å². The van der Waals surface area contributed by atoms with Gasteiger partial charge in [0.15, 0.2) is 5.82 Å². The van der Waals surface area contributed by atoms with Gasteiger partial charge in [0.1, 0.15) is 0 Å². The number of halogens is 1. The van der Waals surface area contributed by atoms with Gasteiger partial charge in [-0.05, 0) is 36.4 Å². The zero-order valence-electron chi connectivity index (χ0n) is 13.2. The Balaban J connectivity index is 1.58. The lowest BCUT2D eigenvalue weighted by atomic mass is 10.2. The summed E-state index contributed by atoms with van der Waals surface area (Å²) in [5.41, 5.74) is 2.03. The molecule has 0 aliphatic rings. The van der Waals surface area contributed by atoms with Crippen molar-refractivity contribution >= 4 is 34.5 Å². The molecule has 1 aromatic carbocycles. The van der Waals surface area contributed by atoms with E-state index in [0.29, 0.717) is 22.4 Å². The van der Waals surface area contributed by atoms with Crippen LogP contribution in [0.4, 0.5) is 5.95 Å². The van der Waals surface area contributed by atoms with Crippen molar-refractivity contribution < 1.29 is 4.79 Å². The van der Waals surface area contributed by atoms with Gasteiger partial charge in [-0.3, -0.25) is 10.1 Å². The molecule has 0 spiro atoms. The maximum atomic E-state index is 12.5. The number of nitrogens with zero attached hydrogens (tertiary/aromatic N) is 5. The van der Waals surface area contributed by atoms with Crippen molar-refractivity contribution in [1.29, 1.82) is 0 Å². The second-order valence-corrected chi connectivity index (χ2v) is 5.87. The normalized spacial score (nSPS) is 11.0. The van der Waals surface area contributed by atoms with Crippen LogP contribution in [0.25, 0.3) is 16.9 Å². The molecular weight excluding hydrogens is 340 g/mol. The minimum Gasteiger partial charge on any atom is -0.313 e. The first-order chi connectivity index (χ1) is 12.1. The quantitative estimate of drug-likeness (QED) is 0.614. The fourth-order valence-electron chi connectivity index (χ4n) is 2.52. The van der Waals surface area contributed by atoms with Crippen molar-refractivity contribution in [3.63, 3.8) is 0 Å². The minimum absolute atomic E-state index is 0.288. The van der Waals surface area contributed by atoms with Gasteiger partial charge in [0.25, 0.3) is 5.91 Å². The number of fused-ring (bicyclic) bond motifs is 1. The second kappa shape index (κ2) is 6.03. The first-order valence-corrected chi connectivity index (χ1v) is 7.89. The average molecular weight is 353 g/mol. The maximum Gasteiger partial charge on any atom is 0.259 e. The van der Waals surface area contributed by atoms with Gasteiger partial charge < -0.3 is 4.57 Å². The zero-order valence-corrected chi connectivity index (χ0v) is 14.0. The monoisotopic (exact) mass is 352 g/mol. The lowest BCUT2D eigenvalue weighted by molar-refractivity contribution is 0.102. The number of benzene rings is 1. The molecule has 0 fully saturated rings. The van der Waals surface area contributed by atoms with Crippen molar-refractivity contribution in [3.05, 3.63) is 65.6 Å². The molecule has 0 unspecified atom stereocenters. The molecule has 0 saturated heterocycles. The van der Waals surface area contributed by atoms with Gasteiger partial charge >= 0.3 is 0 Å². The predicted octanol–water partition coefficient (Wildman–Crippen LogP) is 3.06. The molecule has 0 aliphatic carbocycles. The van der Waals surface area contributed by atoms with E-state index in [1.807, 2.05) is 13.1 Å². The Labute approximate surface area is 147 Å². The largest absolute Gasteiger partial charge is 0.313 e. The Kier molecular flexibility index (Phi) is 3.70. The highest BCUT2D eigenvalue weighted by atomic mass is 35.5.